The molecular formula is C15H18ClN3O2. The summed E-state index contributed by atoms with van der Waals surface area (Å²) in [5.74, 6) is 0.0545. The quantitative estimate of drug-likeness (QED) is 0.859. The third kappa shape index (κ3) is 2.97. The summed E-state index contributed by atoms with van der Waals surface area (Å²) in [6.45, 7) is 3.02. The lowest BCUT2D eigenvalue weighted by atomic mass is 10.3. The molecule has 0 aromatic heterocycles. The van der Waals surface area contributed by atoms with Crippen LogP contribution in [0.3, 0.4) is 0 Å². The van der Waals surface area contributed by atoms with Gasteiger partial charge in [-0.05, 0) is 37.1 Å². The maximum absolute atomic E-state index is 12.4. The molecule has 21 heavy (non-hydrogen) atoms. The van der Waals surface area contributed by atoms with Crippen LogP contribution >= 0.6 is 11.6 Å². The van der Waals surface area contributed by atoms with Gasteiger partial charge in [0.15, 0.2) is 0 Å². The smallest absolute Gasteiger partial charge is 0.325 e. The van der Waals surface area contributed by atoms with Crippen molar-refractivity contribution in [2.24, 2.45) is 0 Å². The maximum Gasteiger partial charge on any atom is 0.325 e. The van der Waals surface area contributed by atoms with E-state index in [1.807, 2.05) is 17.0 Å². The van der Waals surface area contributed by atoms with Gasteiger partial charge in [-0.25, -0.2) is 4.79 Å². The molecule has 2 fully saturated rings. The molecule has 0 radical (unpaired) electrons. The normalized spacial score (nSPS) is 18.7. The van der Waals surface area contributed by atoms with Gasteiger partial charge in [-0.15, -0.1) is 0 Å². The molecule has 0 bridgehead atoms. The third-order valence-corrected chi connectivity index (χ3v) is 4.27. The SMILES string of the molecule is O=C(CN1CCN(c2ccc(Cl)cc2)C1=O)N1CCCC1. The fraction of sp³-hybridized carbons (Fsp3) is 0.467. The first-order chi connectivity index (χ1) is 10.1. The molecule has 0 atom stereocenters. The van der Waals surface area contributed by atoms with Crippen LogP contribution in [0.15, 0.2) is 24.3 Å². The number of hydrogen-bond donors (Lipinski definition) is 0. The number of likely N-dealkylation sites (tertiary alicyclic amines) is 1. The molecule has 0 aliphatic carbocycles. The highest BCUT2D eigenvalue weighted by atomic mass is 35.5. The number of amides is 3. The minimum absolute atomic E-state index is 0.0545. The highest BCUT2D eigenvalue weighted by molar-refractivity contribution is 6.30. The number of benzene rings is 1. The predicted octanol–water partition coefficient (Wildman–Crippen LogP) is 2.20. The summed E-state index contributed by atoms with van der Waals surface area (Å²) < 4.78 is 0. The molecule has 1 aromatic carbocycles. The van der Waals surface area contributed by atoms with E-state index in [9.17, 15) is 9.59 Å². The molecule has 2 aliphatic heterocycles. The fourth-order valence-electron chi connectivity index (χ4n) is 2.82. The Morgan fingerprint density at radius 2 is 1.71 bits per heavy atom. The van der Waals surface area contributed by atoms with E-state index in [0.717, 1.165) is 31.6 Å². The van der Waals surface area contributed by atoms with Gasteiger partial charge in [0.25, 0.3) is 0 Å². The number of nitrogens with zero attached hydrogens (tertiary/aromatic N) is 3. The highest BCUT2D eigenvalue weighted by Crippen LogP contribution is 2.22. The summed E-state index contributed by atoms with van der Waals surface area (Å²) in [4.78, 5) is 29.7. The van der Waals surface area contributed by atoms with Crippen LogP contribution in [0.5, 0.6) is 0 Å². The summed E-state index contributed by atoms with van der Waals surface area (Å²) in [6, 6.07) is 7.08. The van der Waals surface area contributed by atoms with Crippen LogP contribution < -0.4 is 4.90 Å². The highest BCUT2D eigenvalue weighted by Gasteiger charge is 2.32. The van der Waals surface area contributed by atoms with E-state index in [1.165, 1.54) is 0 Å². The Kier molecular flexibility index (Phi) is 4.01. The molecule has 0 N–H and O–H groups in total. The number of carbonyl (C=O) groups is 2. The molecular weight excluding hydrogens is 290 g/mol. The number of halogens is 1. The second-order valence-corrected chi connectivity index (χ2v) is 5.86. The lowest BCUT2D eigenvalue weighted by molar-refractivity contribution is -0.130. The van der Waals surface area contributed by atoms with Gasteiger partial charge in [0.1, 0.15) is 6.54 Å². The molecule has 0 unspecified atom stereocenters. The number of rotatable bonds is 3. The van der Waals surface area contributed by atoms with Gasteiger partial charge < -0.3 is 9.80 Å². The van der Waals surface area contributed by atoms with Crippen molar-refractivity contribution in [3.63, 3.8) is 0 Å². The fourth-order valence-corrected chi connectivity index (χ4v) is 2.95. The van der Waals surface area contributed by atoms with E-state index in [0.29, 0.717) is 18.1 Å². The standard InChI is InChI=1S/C15H18ClN3O2/c16-12-3-5-13(6-4-12)19-10-9-18(15(19)21)11-14(20)17-7-1-2-8-17/h3-6H,1-2,7-11H2. The maximum atomic E-state index is 12.4. The van der Waals surface area contributed by atoms with E-state index in [2.05, 4.69) is 0 Å². The van der Waals surface area contributed by atoms with Gasteiger partial charge >= 0.3 is 6.03 Å². The molecule has 0 saturated carbocycles. The lowest BCUT2D eigenvalue weighted by Gasteiger charge is -2.21. The zero-order chi connectivity index (χ0) is 14.8. The van der Waals surface area contributed by atoms with Crippen molar-refractivity contribution < 1.29 is 9.59 Å². The Labute approximate surface area is 129 Å². The van der Waals surface area contributed by atoms with Crippen molar-refractivity contribution in [3.05, 3.63) is 29.3 Å². The molecule has 0 spiro atoms. The van der Waals surface area contributed by atoms with Crippen LogP contribution in [-0.4, -0.2) is 54.5 Å². The molecule has 3 rings (SSSR count). The Morgan fingerprint density at radius 1 is 1.05 bits per heavy atom. The van der Waals surface area contributed by atoms with Crippen LogP contribution in [-0.2, 0) is 4.79 Å². The molecule has 1 aromatic rings. The van der Waals surface area contributed by atoms with Crippen LogP contribution in [0, 0.1) is 0 Å². The first-order valence-electron chi connectivity index (χ1n) is 7.25. The molecule has 3 amide bonds. The number of urea groups is 1. The van der Waals surface area contributed by atoms with Crippen LogP contribution in [0.4, 0.5) is 10.5 Å². The van der Waals surface area contributed by atoms with Gasteiger partial charge in [-0.3, -0.25) is 9.69 Å². The Balaban J connectivity index is 1.63. The second-order valence-electron chi connectivity index (χ2n) is 5.42. The van der Waals surface area contributed by atoms with Gasteiger partial charge in [0, 0.05) is 36.9 Å². The lowest BCUT2D eigenvalue weighted by Crippen LogP contribution is -2.41. The summed E-state index contributed by atoms with van der Waals surface area (Å²) in [5, 5.41) is 0.645. The molecule has 5 nitrogen and oxygen atoms in total. The van der Waals surface area contributed by atoms with E-state index in [-0.39, 0.29) is 18.5 Å². The number of hydrogen-bond acceptors (Lipinski definition) is 2. The van der Waals surface area contributed by atoms with Crippen molar-refractivity contribution >= 4 is 29.2 Å². The van der Waals surface area contributed by atoms with E-state index in [1.54, 1.807) is 21.9 Å². The number of carbonyl (C=O) groups excluding carboxylic acids is 2. The summed E-state index contributed by atoms with van der Waals surface area (Å²) in [6.07, 6.45) is 2.13. The monoisotopic (exact) mass is 307 g/mol. The van der Waals surface area contributed by atoms with E-state index >= 15 is 0 Å². The Bertz CT molecular complexity index is 540. The Morgan fingerprint density at radius 3 is 2.38 bits per heavy atom. The Hall–Kier alpha value is -1.75. The molecule has 112 valence electrons. The van der Waals surface area contributed by atoms with Gasteiger partial charge in [0.05, 0.1) is 0 Å². The summed E-state index contributed by atoms with van der Waals surface area (Å²) in [5.41, 5.74) is 0.820. The number of anilines is 1. The largest absolute Gasteiger partial charge is 0.341 e. The van der Waals surface area contributed by atoms with E-state index in [4.69, 9.17) is 11.6 Å². The van der Waals surface area contributed by atoms with Crippen molar-refractivity contribution in [2.75, 3.05) is 37.6 Å². The van der Waals surface area contributed by atoms with Crippen molar-refractivity contribution in [2.45, 2.75) is 12.8 Å². The van der Waals surface area contributed by atoms with Crippen LogP contribution in [0.2, 0.25) is 5.02 Å². The molecule has 2 heterocycles. The van der Waals surface area contributed by atoms with E-state index < -0.39 is 0 Å². The van der Waals surface area contributed by atoms with Crippen molar-refractivity contribution in [1.82, 2.24) is 9.80 Å². The summed E-state index contributed by atoms with van der Waals surface area (Å²) >= 11 is 5.86. The van der Waals surface area contributed by atoms with Crippen molar-refractivity contribution in [1.29, 1.82) is 0 Å². The molecule has 2 aliphatic rings. The topological polar surface area (TPSA) is 43.9 Å². The molecule has 6 heteroatoms. The zero-order valence-electron chi connectivity index (χ0n) is 11.8. The summed E-state index contributed by atoms with van der Waals surface area (Å²) in [7, 11) is 0. The average molecular weight is 308 g/mol. The first-order valence-corrected chi connectivity index (χ1v) is 7.63. The van der Waals surface area contributed by atoms with Gasteiger partial charge in [-0.1, -0.05) is 11.6 Å². The van der Waals surface area contributed by atoms with Crippen LogP contribution in [0.1, 0.15) is 12.8 Å². The minimum atomic E-state index is -0.107. The molecule has 2 saturated heterocycles. The third-order valence-electron chi connectivity index (χ3n) is 4.02. The van der Waals surface area contributed by atoms with Gasteiger partial charge in [0.2, 0.25) is 5.91 Å². The first kappa shape index (κ1) is 14.2. The zero-order valence-corrected chi connectivity index (χ0v) is 12.6. The predicted molar refractivity (Wildman–Crippen MR) is 81.6 cm³/mol. The van der Waals surface area contributed by atoms with Crippen LogP contribution in [0.25, 0.3) is 0 Å². The average Bonchev–Trinajstić information content (AvgIpc) is 3.11. The van der Waals surface area contributed by atoms with Crippen molar-refractivity contribution in [3.8, 4) is 0 Å². The second kappa shape index (κ2) is 5.93. The minimum Gasteiger partial charge on any atom is -0.341 e. The van der Waals surface area contributed by atoms with Gasteiger partial charge in [-0.2, -0.15) is 0 Å².